The maximum Gasteiger partial charge on any atom is 0.407 e. The highest BCUT2D eigenvalue weighted by molar-refractivity contribution is 6.31. The first kappa shape index (κ1) is 19.5. The van der Waals surface area contributed by atoms with Gasteiger partial charge in [-0.05, 0) is 70.2 Å². The van der Waals surface area contributed by atoms with E-state index >= 15 is 0 Å². The van der Waals surface area contributed by atoms with Gasteiger partial charge < -0.3 is 19.8 Å². The SMILES string of the molecule is CC(C)(C)OC(=O)NC1CCC(CNC(=O)c2cc3cc(Cl)ccc3o2)C1. The molecule has 2 atom stereocenters. The molecule has 0 bridgehead atoms. The molecule has 2 aromatic rings. The second kappa shape index (κ2) is 7.80. The number of hydrogen-bond acceptors (Lipinski definition) is 4. The smallest absolute Gasteiger partial charge is 0.407 e. The van der Waals surface area contributed by atoms with E-state index in [1.807, 2.05) is 20.8 Å². The van der Waals surface area contributed by atoms with Crippen molar-refractivity contribution in [2.75, 3.05) is 6.54 Å². The molecule has 1 aromatic heterocycles. The molecule has 2 amide bonds. The van der Waals surface area contributed by atoms with Crippen molar-refractivity contribution in [3.05, 3.63) is 35.0 Å². The zero-order valence-corrected chi connectivity index (χ0v) is 16.6. The van der Waals surface area contributed by atoms with E-state index in [-0.39, 0.29) is 17.7 Å². The number of furan rings is 1. The molecule has 0 radical (unpaired) electrons. The molecule has 1 aromatic carbocycles. The lowest BCUT2D eigenvalue weighted by molar-refractivity contribution is 0.0504. The Bertz CT molecular complexity index is 840. The molecule has 2 unspecified atom stereocenters. The van der Waals surface area contributed by atoms with Gasteiger partial charge in [-0.3, -0.25) is 4.79 Å². The van der Waals surface area contributed by atoms with Crippen LogP contribution in [0.15, 0.2) is 28.7 Å². The molecule has 146 valence electrons. The number of alkyl carbamates (subject to hydrolysis) is 1. The summed E-state index contributed by atoms with van der Waals surface area (Å²) >= 11 is 5.96. The Hall–Kier alpha value is -2.21. The minimum Gasteiger partial charge on any atom is -0.451 e. The average molecular weight is 393 g/mol. The molecule has 6 nitrogen and oxygen atoms in total. The third kappa shape index (κ3) is 5.39. The van der Waals surface area contributed by atoms with Gasteiger partial charge in [0.15, 0.2) is 5.76 Å². The summed E-state index contributed by atoms with van der Waals surface area (Å²) in [6, 6.07) is 7.01. The lowest BCUT2D eigenvalue weighted by Crippen LogP contribution is -2.38. The highest BCUT2D eigenvalue weighted by atomic mass is 35.5. The summed E-state index contributed by atoms with van der Waals surface area (Å²) < 4.78 is 10.9. The topological polar surface area (TPSA) is 80.6 Å². The van der Waals surface area contributed by atoms with Crippen LogP contribution >= 0.6 is 11.6 Å². The minimum atomic E-state index is -0.507. The Labute approximate surface area is 163 Å². The van der Waals surface area contributed by atoms with E-state index in [4.69, 9.17) is 20.8 Å². The first-order valence-corrected chi connectivity index (χ1v) is 9.54. The second-order valence-corrected chi connectivity index (χ2v) is 8.46. The Morgan fingerprint density at radius 2 is 2.04 bits per heavy atom. The number of rotatable bonds is 4. The largest absolute Gasteiger partial charge is 0.451 e. The van der Waals surface area contributed by atoms with Gasteiger partial charge in [0.05, 0.1) is 0 Å². The van der Waals surface area contributed by atoms with E-state index in [0.29, 0.717) is 23.1 Å². The zero-order chi connectivity index (χ0) is 19.6. The average Bonchev–Trinajstić information content (AvgIpc) is 3.16. The van der Waals surface area contributed by atoms with Crippen molar-refractivity contribution >= 4 is 34.6 Å². The van der Waals surface area contributed by atoms with Crippen molar-refractivity contribution in [2.24, 2.45) is 5.92 Å². The van der Waals surface area contributed by atoms with Crippen molar-refractivity contribution in [2.45, 2.75) is 51.7 Å². The first-order valence-electron chi connectivity index (χ1n) is 9.16. The molecule has 27 heavy (non-hydrogen) atoms. The highest BCUT2D eigenvalue weighted by Gasteiger charge is 2.28. The van der Waals surface area contributed by atoms with Gasteiger partial charge in [-0.1, -0.05) is 11.6 Å². The maximum atomic E-state index is 12.3. The summed E-state index contributed by atoms with van der Waals surface area (Å²) in [6.07, 6.45) is 2.24. The van der Waals surface area contributed by atoms with Crippen molar-refractivity contribution in [1.29, 1.82) is 0 Å². The molecule has 1 aliphatic carbocycles. The number of amides is 2. The van der Waals surface area contributed by atoms with Crippen LogP contribution in [0, 0.1) is 5.92 Å². The molecule has 1 aliphatic rings. The molecule has 3 rings (SSSR count). The minimum absolute atomic E-state index is 0.0788. The van der Waals surface area contributed by atoms with Crippen molar-refractivity contribution in [1.82, 2.24) is 10.6 Å². The van der Waals surface area contributed by atoms with Crippen LogP contribution in [0.25, 0.3) is 11.0 Å². The monoisotopic (exact) mass is 392 g/mol. The molecule has 0 saturated heterocycles. The molecule has 2 N–H and O–H groups in total. The van der Waals surface area contributed by atoms with Crippen LogP contribution in [0.5, 0.6) is 0 Å². The summed E-state index contributed by atoms with van der Waals surface area (Å²) in [4.78, 5) is 24.2. The Kier molecular flexibility index (Phi) is 5.65. The van der Waals surface area contributed by atoms with Gasteiger partial charge in [-0.15, -0.1) is 0 Å². The maximum absolute atomic E-state index is 12.3. The number of fused-ring (bicyclic) bond motifs is 1. The van der Waals surface area contributed by atoms with E-state index in [0.717, 1.165) is 24.6 Å². The number of hydrogen-bond donors (Lipinski definition) is 2. The van der Waals surface area contributed by atoms with Crippen molar-refractivity contribution < 1.29 is 18.7 Å². The molecule has 1 fully saturated rings. The van der Waals surface area contributed by atoms with E-state index in [1.54, 1.807) is 24.3 Å². The Balaban J connectivity index is 1.47. The summed E-state index contributed by atoms with van der Waals surface area (Å²) in [5.41, 5.74) is 0.124. The van der Waals surface area contributed by atoms with Crippen LogP contribution in [-0.2, 0) is 4.74 Å². The third-order valence-corrected chi connectivity index (χ3v) is 4.75. The van der Waals surface area contributed by atoms with Gasteiger partial charge >= 0.3 is 6.09 Å². The standard InChI is InChI=1S/C20H25ClN2O4/c1-20(2,3)27-19(25)23-15-6-4-12(8-15)11-22-18(24)17-10-13-9-14(21)5-7-16(13)26-17/h5,7,9-10,12,15H,4,6,8,11H2,1-3H3,(H,22,24)(H,23,25). The van der Waals surface area contributed by atoms with Crippen LogP contribution < -0.4 is 10.6 Å². The van der Waals surface area contributed by atoms with E-state index in [9.17, 15) is 9.59 Å². The Morgan fingerprint density at radius 3 is 2.78 bits per heavy atom. The number of nitrogens with one attached hydrogen (secondary N) is 2. The first-order chi connectivity index (χ1) is 12.7. The molecule has 1 heterocycles. The van der Waals surface area contributed by atoms with E-state index in [2.05, 4.69) is 10.6 Å². The van der Waals surface area contributed by atoms with E-state index < -0.39 is 11.7 Å². The molecular weight excluding hydrogens is 368 g/mol. The summed E-state index contributed by atoms with van der Waals surface area (Å²) in [5, 5.41) is 7.22. The van der Waals surface area contributed by atoms with Crippen molar-refractivity contribution in [3.63, 3.8) is 0 Å². The second-order valence-electron chi connectivity index (χ2n) is 8.03. The quantitative estimate of drug-likeness (QED) is 0.802. The normalized spacial score (nSPS) is 19.9. The zero-order valence-electron chi connectivity index (χ0n) is 15.8. The van der Waals surface area contributed by atoms with E-state index in [1.165, 1.54) is 0 Å². The van der Waals surface area contributed by atoms with Crippen LogP contribution in [-0.4, -0.2) is 30.2 Å². The summed E-state index contributed by atoms with van der Waals surface area (Å²) in [7, 11) is 0. The predicted octanol–water partition coefficient (Wildman–Crippen LogP) is 4.51. The van der Waals surface area contributed by atoms with Crippen molar-refractivity contribution in [3.8, 4) is 0 Å². The number of benzene rings is 1. The number of halogens is 1. The van der Waals surface area contributed by atoms with Gasteiger partial charge in [0.2, 0.25) is 0 Å². The Morgan fingerprint density at radius 1 is 1.26 bits per heavy atom. The highest BCUT2D eigenvalue weighted by Crippen LogP contribution is 2.26. The lowest BCUT2D eigenvalue weighted by atomic mass is 10.1. The fourth-order valence-corrected chi connectivity index (χ4v) is 3.50. The van der Waals surface area contributed by atoms with Gasteiger partial charge in [-0.2, -0.15) is 0 Å². The molecule has 1 saturated carbocycles. The number of carbonyl (C=O) groups is 2. The molecular formula is C20H25ClN2O4. The molecule has 7 heteroatoms. The van der Waals surface area contributed by atoms with Crippen LogP contribution in [0.1, 0.15) is 50.6 Å². The molecule has 0 spiro atoms. The van der Waals surface area contributed by atoms with Crippen LogP contribution in [0.4, 0.5) is 4.79 Å². The summed E-state index contributed by atoms with van der Waals surface area (Å²) in [6.45, 7) is 6.06. The van der Waals surface area contributed by atoms with Crippen LogP contribution in [0.2, 0.25) is 5.02 Å². The fourth-order valence-electron chi connectivity index (χ4n) is 3.32. The predicted molar refractivity (Wildman–Crippen MR) is 104 cm³/mol. The summed E-state index contributed by atoms with van der Waals surface area (Å²) in [5.74, 6) is 0.340. The third-order valence-electron chi connectivity index (χ3n) is 4.52. The van der Waals surface area contributed by atoms with Gasteiger partial charge in [0.25, 0.3) is 5.91 Å². The van der Waals surface area contributed by atoms with Gasteiger partial charge in [0, 0.05) is 23.0 Å². The number of carbonyl (C=O) groups excluding carboxylic acids is 2. The fraction of sp³-hybridized carbons (Fsp3) is 0.500. The van der Waals surface area contributed by atoms with Gasteiger partial charge in [0.1, 0.15) is 11.2 Å². The van der Waals surface area contributed by atoms with Crippen LogP contribution in [0.3, 0.4) is 0 Å². The van der Waals surface area contributed by atoms with Gasteiger partial charge in [-0.25, -0.2) is 4.79 Å². The number of ether oxygens (including phenoxy) is 1. The molecule has 0 aliphatic heterocycles. The lowest BCUT2D eigenvalue weighted by Gasteiger charge is -2.21.